The van der Waals surface area contributed by atoms with Crippen molar-refractivity contribution in [3.63, 3.8) is 0 Å². The number of hydrogen-bond acceptors (Lipinski definition) is 4. The average Bonchev–Trinajstić information content (AvgIpc) is 2.38. The Kier molecular flexibility index (Phi) is 3.92. The lowest BCUT2D eigenvalue weighted by Gasteiger charge is -2.08. The van der Waals surface area contributed by atoms with Crippen molar-refractivity contribution in [2.75, 3.05) is 0 Å². The van der Waals surface area contributed by atoms with Crippen LogP contribution in [0.15, 0.2) is 57.2 Å². The van der Waals surface area contributed by atoms with Crippen LogP contribution >= 0.6 is 0 Å². The monoisotopic (exact) mass is 326 g/mol. The van der Waals surface area contributed by atoms with E-state index < -0.39 is 24.9 Å². The molecule has 0 aliphatic heterocycles. The molecule has 5 nitrogen and oxygen atoms in total. The van der Waals surface area contributed by atoms with Crippen molar-refractivity contribution in [1.82, 2.24) is 0 Å². The molecular weight excluding hydrogens is 312 g/mol. The van der Waals surface area contributed by atoms with Crippen LogP contribution in [-0.4, -0.2) is 21.4 Å². The molecule has 21 heavy (non-hydrogen) atoms. The molecule has 0 amide bonds. The zero-order chi connectivity index (χ0) is 15.8. The van der Waals surface area contributed by atoms with Crippen LogP contribution in [0, 0.1) is 13.8 Å². The summed E-state index contributed by atoms with van der Waals surface area (Å²) in [5.74, 6) is 0. The first kappa shape index (κ1) is 15.7. The standard InChI is InChI=1S/C14H14O5S2/c1-10-3-6-12(7-4-10)20(15,16)13-8-5-11(2)14(9-13)21(17,18)19/h3-9H,1-2H3,(H,17,18,19). The molecule has 7 heteroatoms. The van der Waals surface area contributed by atoms with Gasteiger partial charge in [0.2, 0.25) is 9.84 Å². The van der Waals surface area contributed by atoms with Crippen molar-refractivity contribution >= 4 is 20.0 Å². The predicted octanol–water partition coefficient (Wildman–Crippen LogP) is 2.38. The Balaban J connectivity index is 2.64. The van der Waals surface area contributed by atoms with Gasteiger partial charge < -0.3 is 0 Å². The van der Waals surface area contributed by atoms with E-state index in [4.69, 9.17) is 4.55 Å². The molecule has 0 saturated carbocycles. The molecule has 0 radical (unpaired) electrons. The second kappa shape index (κ2) is 5.25. The van der Waals surface area contributed by atoms with E-state index in [1.807, 2.05) is 6.92 Å². The molecule has 1 N–H and O–H groups in total. The lowest BCUT2D eigenvalue weighted by atomic mass is 10.2. The topological polar surface area (TPSA) is 88.5 Å². The van der Waals surface area contributed by atoms with Gasteiger partial charge in [-0.1, -0.05) is 23.8 Å². The maximum Gasteiger partial charge on any atom is 0.294 e. The summed E-state index contributed by atoms with van der Waals surface area (Å²) in [5, 5.41) is 0. The molecule has 0 fully saturated rings. The van der Waals surface area contributed by atoms with Crippen molar-refractivity contribution in [1.29, 1.82) is 0 Å². The van der Waals surface area contributed by atoms with E-state index in [0.29, 0.717) is 0 Å². The van der Waals surface area contributed by atoms with E-state index in [0.717, 1.165) is 11.6 Å². The highest BCUT2D eigenvalue weighted by molar-refractivity contribution is 7.91. The second-order valence-corrected chi connectivity index (χ2v) is 8.06. The van der Waals surface area contributed by atoms with Crippen molar-refractivity contribution < 1.29 is 21.4 Å². The van der Waals surface area contributed by atoms with E-state index >= 15 is 0 Å². The number of hydrogen-bond donors (Lipinski definition) is 1. The van der Waals surface area contributed by atoms with Gasteiger partial charge in [-0.05, 0) is 43.7 Å². The smallest absolute Gasteiger partial charge is 0.282 e. The van der Waals surface area contributed by atoms with Gasteiger partial charge in [0.15, 0.2) is 0 Å². The second-order valence-electron chi connectivity index (χ2n) is 4.72. The first-order chi connectivity index (χ1) is 9.62. The van der Waals surface area contributed by atoms with Crippen LogP contribution < -0.4 is 0 Å². The third-order valence-corrected chi connectivity index (χ3v) is 5.84. The summed E-state index contributed by atoms with van der Waals surface area (Å²) >= 11 is 0. The van der Waals surface area contributed by atoms with Crippen LogP contribution in [-0.2, 0) is 20.0 Å². The van der Waals surface area contributed by atoms with Crippen LogP contribution in [0.1, 0.15) is 11.1 Å². The van der Waals surface area contributed by atoms with Crippen LogP contribution in [0.3, 0.4) is 0 Å². The molecule has 0 heterocycles. The van der Waals surface area contributed by atoms with E-state index in [-0.39, 0.29) is 15.4 Å². The molecule has 0 spiro atoms. The molecule has 0 aromatic heterocycles. The summed E-state index contributed by atoms with van der Waals surface area (Å²) < 4.78 is 56.6. The van der Waals surface area contributed by atoms with Gasteiger partial charge in [-0.2, -0.15) is 8.42 Å². The highest BCUT2D eigenvalue weighted by Crippen LogP contribution is 2.25. The van der Waals surface area contributed by atoms with E-state index in [1.165, 1.54) is 31.2 Å². The van der Waals surface area contributed by atoms with Crippen molar-refractivity contribution in [3.8, 4) is 0 Å². The SMILES string of the molecule is Cc1ccc(S(=O)(=O)c2ccc(C)c(S(=O)(=O)O)c2)cc1. The minimum Gasteiger partial charge on any atom is -0.282 e. The quantitative estimate of drug-likeness (QED) is 0.875. The fraction of sp³-hybridized carbons (Fsp3) is 0.143. The maximum atomic E-state index is 12.5. The highest BCUT2D eigenvalue weighted by atomic mass is 32.2. The molecule has 2 rings (SSSR count). The predicted molar refractivity (Wildman–Crippen MR) is 77.6 cm³/mol. The molecule has 0 unspecified atom stereocenters. The summed E-state index contributed by atoms with van der Waals surface area (Å²) in [7, 11) is -8.30. The van der Waals surface area contributed by atoms with Gasteiger partial charge in [-0.15, -0.1) is 0 Å². The number of benzene rings is 2. The van der Waals surface area contributed by atoms with Crippen LogP contribution in [0.25, 0.3) is 0 Å². The number of rotatable bonds is 3. The molecule has 2 aromatic rings. The molecule has 0 bridgehead atoms. The lowest BCUT2D eigenvalue weighted by Crippen LogP contribution is -2.06. The van der Waals surface area contributed by atoms with Crippen molar-refractivity contribution in [3.05, 3.63) is 53.6 Å². The molecule has 0 aliphatic carbocycles. The van der Waals surface area contributed by atoms with Gasteiger partial charge in [0.05, 0.1) is 14.7 Å². The van der Waals surface area contributed by atoms with E-state index in [1.54, 1.807) is 12.1 Å². The summed E-state index contributed by atoms with van der Waals surface area (Å²) in [6.07, 6.45) is 0. The minimum absolute atomic E-state index is 0.0678. The Morgan fingerprint density at radius 3 is 1.86 bits per heavy atom. The number of sulfone groups is 1. The highest BCUT2D eigenvalue weighted by Gasteiger charge is 2.21. The van der Waals surface area contributed by atoms with E-state index in [2.05, 4.69) is 0 Å². The normalized spacial score (nSPS) is 12.3. The zero-order valence-electron chi connectivity index (χ0n) is 11.4. The molecule has 0 atom stereocenters. The van der Waals surface area contributed by atoms with Crippen molar-refractivity contribution in [2.24, 2.45) is 0 Å². The number of aryl methyl sites for hydroxylation is 2. The third kappa shape index (κ3) is 3.15. The van der Waals surface area contributed by atoms with Crippen LogP contribution in [0.4, 0.5) is 0 Å². The van der Waals surface area contributed by atoms with E-state index in [9.17, 15) is 16.8 Å². The third-order valence-electron chi connectivity index (χ3n) is 3.08. The van der Waals surface area contributed by atoms with Gasteiger partial charge in [0, 0.05) is 0 Å². The summed E-state index contributed by atoms with van der Waals surface area (Å²) in [6.45, 7) is 3.31. The molecule has 0 saturated heterocycles. The Bertz CT molecular complexity index is 879. The molecule has 112 valence electrons. The first-order valence-electron chi connectivity index (χ1n) is 6.02. The Morgan fingerprint density at radius 1 is 0.810 bits per heavy atom. The fourth-order valence-corrected chi connectivity index (χ4v) is 3.99. The average molecular weight is 326 g/mol. The Morgan fingerprint density at radius 2 is 1.33 bits per heavy atom. The van der Waals surface area contributed by atoms with Crippen LogP contribution in [0.5, 0.6) is 0 Å². The van der Waals surface area contributed by atoms with Crippen LogP contribution in [0.2, 0.25) is 0 Å². The molecular formula is C14H14O5S2. The zero-order valence-corrected chi connectivity index (χ0v) is 13.1. The maximum absolute atomic E-state index is 12.5. The summed E-state index contributed by atoms with van der Waals surface area (Å²) in [5.41, 5.74) is 1.19. The summed E-state index contributed by atoms with van der Waals surface area (Å²) in [6, 6.07) is 9.87. The minimum atomic E-state index is -4.47. The van der Waals surface area contributed by atoms with Gasteiger partial charge in [-0.25, -0.2) is 8.42 Å². The summed E-state index contributed by atoms with van der Waals surface area (Å²) in [4.78, 5) is -0.515. The Hall–Kier alpha value is -1.70. The largest absolute Gasteiger partial charge is 0.294 e. The lowest BCUT2D eigenvalue weighted by molar-refractivity contribution is 0.482. The van der Waals surface area contributed by atoms with Crippen molar-refractivity contribution in [2.45, 2.75) is 28.5 Å². The van der Waals surface area contributed by atoms with Gasteiger partial charge >= 0.3 is 0 Å². The molecule has 0 aliphatic rings. The first-order valence-corrected chi connectivity index (χ1v) is 8.94. The van der Waals surface area contributed by atoms with Gasteiger partial charge in [0.1, 0.15) is 0 Å². The van der Waals surface area contributed by atoms with Gasteiger partial charge in [0.25, 0.3) is 10.1 Å². The molecule has 2 aromatic carbocycles. The van der Waals surface area contributed by atoms with Gasteiger partial charge in [-0.3, -0.25) is 4.55 Å². The Labute approximate surface area is 123 Å². The fourth-order valence-electron chi connectivity index (χ4n) is 1.88.